The zero-order valence-electron chi connectivity index (χ0n) is 11.3. The van der Waals surface area contributed by atoms with Crippen LogP contribution in [0.25, 0.3) is 0 Å². The molecule has 110 valence electrons. The number of ether oxygens (including phenoxy) is 2. The zero-order valence-corrected chi connectivity index (χ0v) is 12.2. The highest BCUT2D eigenvalue weighted by atomic mass is 35.5. The number of amides is 1. The van der Waals surface area contributed by atoms with Gasteiger partial charge in [-0.1, -0.05) is 0 Å². The number of nitrogens with two attached hydrogens (primary N) is 1. The smallest absolute Gasteiger partial charge is 0.251 e. The van der Waals surface area contributed by atoms with Gasteiger partial charge in [0.05, 0.1) is 6.04 Å². The third kappa shape index (κ3) is 2.69. The number of halogens is 1. The number of anilines is 1. The van der Waals surface area contributed by atoms with Crippen molar-refractivity contribution in [2.45, 2.75) is 44.4 Å². The molecular formula is C14H19ClN2O3. The van der Waals surface area contributed by atoms with Gasteiger partial charge in [-0.15, -0.1) is 12.4 Å². The lowest BCUT2D eigenvalue weighted by molar-refractivity contribution is -0.117. The molecular weight excluding hydrogens is 280 g/mol. The molecule has 1 atom stereocenters. The van der Waals surface area contributed by atoms with Gasteiger partial charge in [0.15, 0.2) is 11.5 Å². The fourth-order valence-corrected chi connectivity index (χ4v) is 2.55. The standard InChI is InChI=1S/C14H18N2O3.ClH/c1-9(15)13(17)16-10-4-5-11-12(8-10)19-14(18-11)6-2-3-7-14;/h4-5,8-9H,2-3,6-7,15H2,1H3,(H,16,17);1H. The Balaban J connectivity index is 0.00000147. The van der Waals surface area contributed by atoms with Gasteiger partial charge in [-0.05, 0) is 31.9 Å². The predicted octanol–water partition coefficient (Wildman–Crippen LogP) is 2.44. The molecule has 2 aliphatic rings. The van der Waals surface area contributed by atoms with Crippen molar-refractivity contribution in [2.24, 2.45) is 5.73 Å². The van der Waals surface area contributed by atoms with Crippen molar-refractivity contribution in [3.05, 3.63) is 18.2 Å². The lowest BCUT2D eigenvalue weighted by Crippen LogP contribution is -2.34. The molecule has 1 unspecified atom stereocenters. The fourth-order valence-electron chi connectivity index (χ4n) is 2.55. The fraction of sp³-hybridized carbons (Fsp3) is 0.500. The molecule has 1 aromatic carbocycles. The summed E-state index contributed by atoms with van der Waals surface area (Å²) in [6.07, 6.45) is 4.09. The van der Waals surface area contributed by atoms with Gasteiger partial charge in [0.1, 0.15) is 0 Å². The summed E-state index contributed by atoms with van der Waals surface area (Å²) >= 11 is 0. The second-order valence-electron chi connectivity index (χ2n) is 5.26. The van der Waals surface area contributed by atoms with E-state index in [1.165, 1.54) is 0 Å². The molecule has 1 aromatic rings. The second kappa shape index (κ2) is 5.50. The minimum Gasteiger partial charge on any atom is -0.448 e. The summed E-state index contributed by atoms with van der Waals surface area (Å²) in [6, 6.07) is 4.89. The Labute approximate surface area is 124 Å². The monoisotopic (exact) mass is 298 g/mol. The van der Waals surface area contributed by atoms with Crippen molar-refractivity contribution in [1.29, 1.82) is 0 Å². The molecule has 1 saturated carbocycles. The van der Waals surface area contributed by atoms with Gasteiger partial charge in [0, 0.05) is 24.6 Å². The van der Waals surface area contributed by atoms with Crippen LogP contribution in [0, 0.1) is 0 Å². The largest absolute Gasteiger partial charge is 0.448 e. The topological polar surface area (TPSA) is 73.6 Å². The number of carbonyl (C=O) groups is 1. The highest BCUT2D eigenvalue weighted by Crippen LogP contribution is 2.47. The van der Waals surface area contributed by atoms with Crippen LogP contribution in [0.1, 0.15) is 32.6 Å². The van der Waals surface area contributed by atoms with E-state index >= 15 is 0 Å². The third-order valence-electron chi connectivity index (χ3n) is 3.58. The van der Waals surface area contributed by atoms with E-state index in [1.54, 1.807) is 19.1 Å². The number of carbonyl (C=O) groups excluding carboxylic acids is 1. The molecule has 5 nitrogen and oxygen atoms in total. The molecule has 1 heterocycles. The van der Waals surface area contributed by atoms with Gasteiger partial charge in [0.25, 0.3) is 5.79 Å². The molecule has 3 N–H and O–H groups in total. The number of hydrogen-bond acceptors (Lipinski definition) is 4. The Hall–Kier alpha value is -1.46. The Bertz CT molecular complexity index is 513. The molecule has 1 aliphatic carbocycles. The van der Waals surface area contributed by atoms with Crippen LogP contribution in [0.4, 0.5) is 5.69 Å². The first kappa shape index (κ1) is 14.9. The van der Waals surface area contributed by atoms with E-state index in [1.807, 2.05) is 6.07 Å². The number of hydrogen-bond donors (Lipinski definition) is 2. The predicted molar refractivity (Wildman–Crippen MR) is 78.4 cm³/mol. The van der Waals surface area contributed by atoms with Crippen LogP contribution in [-0.2, 0) is 4.79 Å². The number of rotatable bonds is 2. The quantitative estimate of drug-likeness (QED) is 0.879. The molecule has 0 aromatic heterocycles. The summed E-state index contributed by atoms with van der Waals surface area (Å²) in [7, 11) is 0. The van der Waals surface area contributed by atoms with E-state index in [0.717, 1.165) is 31.4 Å². The summed E-state index contributed by atoms with van der Waals surface area (Å²) < 4.78 is 11.8. The first-order chi connectivity index (χ1) is 9.08. The van der Waals surface area contributed by atoms with Crippen molar-refractivity contribution in [2.75, 3.05) is 5.32 Å². The summed E-state index contributed by atoms with van der Waals surface area (Å²) in [5, 5.41) is 2.75. The second-order valence-corrected chi connectivity index (χ2v) is 5.26. The average molecular weight is 299 g/mol. The minimum absolute atomic E-state index is 0. The molecule has 1 amide bonds. The zero-order chi connectivity index (χ0) is 13.5. The highest BCUT2D eigenvalue weighted by Gasteiger charge is 2.44. The van der Waals surface area contributed by atoms with Gasteiger partial charge in [-0.2, -0.15) is 0 Å². The number of benzene rings is 1. The summed E-state index contributed by atoms with van der Waals surface area (Å²) in [4.78, 5) is 11.6. The molecule has 1 fully saturated rings. The number of nitrogens with one attached hydrogen (secondary N) is 1. The van der Waals surface area contributed by atoms with Crippen LogP contribution in [0.2, 0.25) is 0 Å². The molecule has 1 aliphatic heterocycles. The van der Waals surface area contributed by atoms with Crippen LogP contribution < -0.4 is 20.5 Å². The third-order valence-corrected chi connectivity index (χ3v) is 3.58. The first-order valence-corrected chi connectivity index (χ1v) is 6.67. The molecule has 0 saturated heterocycles. The average Bonchev–Trinajstić information content (AvgIpc) is 2.95. The van der Waals surface area contributed by atoms with Crippen molar-refractivity contribution >= 4 is 24.0 Å². The van der Waals surface area contributed by atoms with Crippen LogP contribution in [0.5, 0.6) is 11.5 Å². The van der Waals surface area contributed by atoms with Gasteiger partial charge in [0.2, 0.25) is 5.91 Å². The molecule has 20 heavy (non-hydrogen) atoms. The Morgan fingerprint density at radius 3 is 2.60 bits per heavy atom. The van der Waals surface area contributed by atoms with Crippen LogP contribution in [0.3, 0.4) is 0 Å². The minimum atomic E-state index is -0.536. The summed E-state index contributed by atoms with van der Waals surface area (Å²) in [6.45, 7) is 1.65. The van der Waals surface area contributed by atoms with E-state index < -0.39 is 11.8 Å². The lowest BCUT2D eigenvalue weighted by atomic mass is 10.2. The summed E-state index contributed by atoms with van der Waals surface area (Å²) in [5.41, 5.74) is 6.20. The van der Waals surface area contributed by atoms with Crippen molar-refractivity contribution in [1.82, 2.24) is 0 Å². The normalized spacial score (nSPS) is 19.5. The van der Waals surface area contributed by atoms with Gasteiger partial charge < -0.3 is 20.5 Å². The summed E-state index contributed by atoms with van der Waals surface area (Å²) in [5.74, 6) is 0.770. The lowest BCUT2D eigenvalue weighted by Gasteiger charge is -2.21. The van der Waals surface area contributed by atoms with Crippen LogP contribution in [0.15, 0.2) is 18.2 Å². The molecule has 0 bridgehead atoms. The van der Waals surface area contributed by atoms with Crippen molar-refractivity contribution in [3.63, 3.8) is 0 Å². The van der Waals surface area contributed by atoms with E-state index in [9.17, 15) is 4.79 Å². The Morgan fingerprint density at radius 2 is 1.95 bits per heavy atom. The van der Waals surface area contributed by atoms with Crippen molar-refractivity contribution < 1.29 is 14.3 Å². The SMILES string of the molecule is CC(N)C(=O)Nc1ccc2c(c1)OC1(CCCC1)O2.Cl. The van der Waals surface area contributed by atoms with Gasteiger partial charge in [-0.25, -0.2) is 0 Å². The maximum atomic E-state index is 11.6. The van der Waals surface area contributed by atoms with E-state index in [0.29, 0.717) is 11.4 Å². The van der Waals surface area contributed by atoms with Crippen molar-refractivity contribution in [3.8, 4) is 11.5 Å². The first-order valence-electron chi connectivity index (χ1n) is 6.67. The van der Waals surface area contributed by atoms with E-state index in [4.69, 9.17) is 15.2 Å². The van der Waals surface area contributed by atoms with Gasteiger partial charge >= 0.3 is 0 Å². The maximum Gasteiger partial charge on any atom is 0.251 e. The molecule has 0 radical (unpaired) electrons. The number of fused-ring (bicyclic) bond motifs is 1. The molecule has 3 rings (SSSR count). The van der Waals surface area contributed by atoms with E-state index in [-0.39, 0.29) is 18.3 Å². The maximum absolute atomic E-state index is 11.6. The molecule has 6 heteroatoms. The Kier molecular flexibility index (Phi) is 4.11. The molecule has 1 spiro atoms. The van der Waals surface area contributed by atoms with Gasteiger partial charge in [-0.3, -0.25) is 4.79 Å². The highest BCUT2D eigenvalue weighted by molar-refractivity contribution is 5.94. The van der Waals surface area contributed by atoms with Crippen LogP contribution in [-0.4, -0.2) is 17.7 Å². The Morgan fingerprint density at radius 1 is 1.30 bits per heavy atom. The van der Waals surface area contributed by atoms with E-state index in [2.05, 4.69) is 5.32 Å². The van der Waals surface area contributed by atoms with Crippen LogP contribution >= 0.6 is 12.4 Å².